The molecule has 2 aromatic rings. The summed E-state index contributed by atoms with van der Waals surface area (Å²) in [7, 11) is 1.83. The molecule has 0 unspecified atom stereocenters. The summed E-state index contributed by atoms with van der Waals surface area (Å²) in [6.07, 6.45) is 2.51. The maximum absolute atomic E-state index is 4.33. The highest BCUT2D eigenvalue weighted by Crippen LogP contribution is 2.48. The van der Waals surface area contributed by atoms with Gasteiger partial charge in [0.25, 0.3) is 0 Å². The van der Waals surface area contributed by atoms with Crippen LogP contribution in [0.2, 0.25) is 0 Å². The average molecular weight is 441 g/mol. The summed E-state index contributed by atoms with van der Waals surface area (Å²) >= 11 is 1.76. The van der Waals surface area contributed by atoms with Gasteiger partial charge in [0, 0.05) is 23.9 Å². The number of thiophene rings is 1. The van der Waals surface area contributed by atoms with Crippen LogP contribution in [0.15, 0.2) is 46.8 Å². The molecule has 1 saturated carbocycles. The molecule has 1 aromatic carbocycles. The van der Waals surface area contributed by atoms with Crippen LogP contribution in [0.5, 0.6) is 0 Å². The molecular formula is C18H24IN3S. The molecule has 0 spiro atoms. The molecule has 0 bridgehead atoms. The zero-order chi connectivity index (χ0) is 15.4. The van der Waals surface area contributed by atoms with Crippen molar-refractivity contribution in [3.8, 4) is 0 Å². The number of hydrogen-bond donors (Lipinski definition) is 2. The van der Waals surface area contributed by atoms with E-state index >= 15 is 0 Å². The Bertz CT molecular complexity index is 648. The van der Waals surface area contributed by atoms with Crippen molar-refractivity contribution in [2.45, 2.75) is 31.7 Å². The van der Waals surface area contributed by atoms with E-state index in [2.05, 4.69) is 64.3 Å². The largest absolute Gasteiger partial charge is 0.356 e. The van der Waals surface area contributed by atoms with Crippen LogP contribution >= 0.6 is 35.3 Å². The van der Waals surface area contributed by atoms with Crippen LogP contribution in [-0.2, 0) is 12.0 Å². The van der Waals surface area contributed by atoms with Crippen LogP contribution in [0.3, 0.4) is 0 Å². The van der Waals surface area contributed by atoms with Gasteiger partial charge in [0.15, 0.2) is 5.96 Å². The molecule has 0 aliphatic heterocycles. The van der Waals surface area contributed by atoms with Gasteiger partial charge in [-0.1, -0.05) is 30.3 Å². The molecule has 1 aliphatic carbocycles. The first-order valence-corrected chi connectivity index (χ1v) is 8.64. The van der Waals surface area contributed by atoms with Gasteiger partial charge in [-0.3, -0.25) is 4.99 Å². The summed E-state index contributed by atoms with van der Waals surface area (Å²) < 4.78 is 0. The number of benzene rings is 1. The van der Waals surface area contributed by atoms with E-state index in [4.69, 9.17) is 0 Å². The highest BCUT2D eigenvalue weighted by atomic mass is 127. The number of nitrogens with zero attached hydrogens (tertiary/aromatic N) is 1. The van der Waals surface area contributed by atoms with Crippen LogP contribution in [0.4, 0.5) is 0 Å². The van der Waals surface area contributed by atoms with Crippen molar-refractivity contribution in [1.29, 1.82) is 0 Å². The van der Waals surface area contributed by atoms with E-state index in [-0.39, 0.29) is 24.0 Å². The van der Waals surface area contributed by atoms with E-state index in [0.29, 0.717) is 5.41 Å². The summed E-state index contributed by atoms with van der Waals surface area (Å²) in [5.41, 5.74) is 3.17. The van der Waals surface area contributed by atoms with E-state index in [1.165, 1.54) is 28.8 Å². The lowest BCUT2D eigenvalue weighted by atomic mass is 9.92. The summed E-state index contributed by atoms with van der Waals surface area (Å²) in [5.74, 6) is 0.883. The quantitative estimate of drug-likeness (QED) is 0.417. The first-order chi connectivity index (χ1) is 10.7. The molecule has 1 heterocycles. The number of nitrogens with one attached hydrogen (secondary N) is 2. The fourth-order valence-electron chi connectivity index (χ4n) is 2.92. The normalized spacial score (nSPS) is 15.7. The van der Waals surface area contributed by atoms with Crippen LogP contribution in [0, 0.1) is 6.92 Å². The van der Waals surface area contributed by atoms with Gasteiger partial charge in [0.1, 0.15) is 0 Å². The zero-order valence-electron chi connectivity index (χ0n) is 13.6. The van der Waals surface area contributed by atoms with Gasteiger partial charge in [0.05, 0.1) is 6.54 Å². The number of hydrogen-bond acceptors (Lipinski definition) is 2. The third kappa shape index (κ3) is 4.47. The number of rotatable bonds is 5. The predicted molar refractivity (Wildman–Crippen MR) is 110 cm³/mol. The molecule has 0 atom stereocenters. The van der Waals surface area contributed by atoms with Crippen LogP contribution < -0.4 is 10.6 Å². The van der Waals surface area contributed by atoms with Crippen molar-refractivity contribution in [2.75, 3.05) is 13.6 Å². The fourth-order valence-corrected chi connectivity index (χ4v) is 3.56. The lowest BCUT2D eigenvalue weighted by molar-refractivity contribution is 0.642. The van der Waals surface area contributed by atoms with E-state index in [1.807, 2.05) is 7.05 Å². The molecule has 1 fully saturated rings. The van der Waals surface area contributed by atoms with E-state index in [0.717, 1.165) is 19.0 Å². The summed E-state index contributed by atoms with van der Waals surface area (Å²) in [6.45, 7) is 3.98. The number of aryl methyl sites for hydroxylation is 1. The van der Waals surface area contributed by atoms with Gasteiger partial charge in [-0.2, -0.15) is 0 Å². The van der Waals surface area contributed by atoms with Gasteiger partial charge in [-0.05, 0) is 42.3 Å². The Morgan fingerprint density at radius 2 is 1.96 bits per heavy atom. The Balaban J connectivity index is 0.00000192. The molecule has 2 N–H and O–H groups in total. The monoisotopic (exact) mass is 441 g/mol. The van der Waals surface area contributed by atoms with Crippen molar-refractivity contribution in [3.05, 3.63) is 57.8 Å². The molecule has 3 nitrogen and oxygen atoms in total. The average Bonchev–Trinajstić information content (AvgIpc) is 3.13. The van der Waals surface area contributed by atoms with E-state index in [1.54, 1.807) is 11.3 Å². The molecule has 124 valence electrons. The maximum atomic E-state index is 4.33. The van der Waals surface area contributed by atoms with Crippen molar-refractivity contribution in [2.24, 2.45) is 4.99 Å². The van der Waals surface area contributed by atoms with Crippen molar-refractivity contribution >= 4 is 41.3 Å². The topological polar surface area (TPSA) is 36.4 Å². The molecule has 0 saturated heterocycles. The summed E-state index contributed by atoms with van der Waals surface area (Å²) in [4.78, 5) is 5.66. The zero-order valence-corrected chi connectivity index (χ0v) is 16.8. The third-order valence-corrected chi connectivity index (χ3v) is 5.27. The van der Waals surface area contributed by atoms with Crippen molar-refractivity contribution < 1.29 is 0 Å². The van der Waals surface area contributed by atoms with Gasteiger partial charge in [0.2, 0.25) is 0 Å². The predicted octanol–water partition coefficient (Wildman–Crippen LogP) is 4.07. The Morgan fingerprint density at radius 3 is 2.57 bits per heavy atom. The van der Waals surface area contributed by atoms with E-state index < -0.39 is 0 Å². The van der Waals surface area contributed by atoms with Crippen molar-refractivity contribution in [1.82, 2.24) is 10.6 Å². The standard InChI is InChI=1S/C18H23N3S.HI/c1-14-6-3-4-8-16(14)18(9-10-18)13-21-17(19-2)20-12-15-7-5-11-22-15;/h3-8,11H,9-10,12-13H2,1-2H3,(H2,19,20,21);1H. The van der Waals surface area contributed by atoms with Gasteiger partial charge in [-0.25, -0.2) is 0 Å². The Morgan fingerprint density at radius 1 is 1.17 bits per heavy atom. The molecular weight excluding hydrogens is 417 g/mol. The number of guanidine groups is 1. The van der Waals surface area contributed by atoms with Crippen LogP contribution in [-0.4, -0.2) is 19.6 Å². The molecule has 0 amide bonds. The molecule has 23 heavy (non-hydrogen) atoms. The first-order valence-electron chi connectivity index (χ1n) is 7.76. The minimum atomic E-state index is 0. The van der Waals surface area contributed by atoms with Crippen LogP contribution in [0.25, 0.3) is 0 Å². The van der Waals surface area contributed by atoms with Gasteiger partial charge >= 0.3 is 0 Å². The SMILES string of the molecule is CN=C(NCc1cccs1)NCC1(c2ccccc2C)CC1.I. The molecule has 1 aromatic heterocycles. The van der Waals surface area contributed by atoms with Gasteiger partial charge < -0.3 is 10.6 Å². The van der Waals surface area contributed by atoms with Crippen molar-refractivity contribution in [3.63, 3.8) is 0 Å². The first kappa shape index (κ1) is 18.3. The summed E-state index contributed by atoms with van der Waals surface area (Å²) in [6, 6.07) is 13.0. The second kappa shape index (κ2) is 8.15. The molecule has 0 radical (unpaired) electrons. The highest BCUT2D eigenvalue weighted by molar-refractivity contribution is 14.0. The highest BCUT2D eigenvalue weighted by Gasteiger charge is 2.44. The summed E-state index contributed by atoms with van der Waals surface area (Å²) in [5, 5.41) is 8.99. The Kier molecular flexibility index (Phi) is 6.47. The second-order valence-electron chi connectivity index (χ2n) is 5.95. The minimum absolute atomic E-state index is 0. The van der Waals surface area contributed by atoms with Crippen LogP contribution in [0.1, 0.15) is 28.8 Å². The maximum Gasteiger partial charge on any atom is 0.191 e. The molecule has 3 rings (SSSR count). The lowest BCUT2D eigenvalue weighted by Crippen LogP contribution is -2.40. The second-order valence-corrected chi connectivity index (χ2v) is 6.99. The van der Waals surface area contributed by atoms with Gasteiger partial charge in [-0.15, -0.1) is 35.3 Å². The smallest absolute Gasteiger partial charge is 0.191 e. The fraction of sp³-hybridized carbons (Fsp3) is 0.389. The molecule has 1 aliphatic rings. The lowest BCUT2D eigenvalue weighted by Gasteiger charge is -2.20. The third-order valence-electron chi connectivity index (χ3n) is 4.40. The minimum Gasteiger partial charge on any atom is -0.356 e. The number of halogens is 1. The Hall–Kier alpha value is -1.08. The Labute approximate surface area is 159 Å². The molecule has 5 heteroatoms. The number of aliphatic imine (C=N–C) groups is 1. The van der Waals surface area contributed by atoms with E-state index in [9.17, 15) is 0 Å².